The van der Waals surface area contributed by atoms with Crippen LogP contribution in [0.3, 0.4) is 0 Å². The SMILES string of the molecule is C=C/C=C(\C=C)OCCN1C(=O)c2ccccc2C1=O. The lowest BCUT2D eigenvalue weighted by Crippen LogP contribution is -2.32. The first-order chi connectivity index (χ1) is 9.69. The van der Waals surface area contributed by atoms with Crippen LogP contribution in [0.4, 0.5) is 0 Å². The van der Waals surface area contributed by atoms with Gasteiger partial charge in [-0.25, -0.2) is 0 Å². The predicted molar refractivity (Wildman–Crippen MR) is 76.2 cm³/mol. The highest BCUT2D eigenvalue weighted by Crippen LogP contribution is 2.22. The molecule has 4 nitrogen and oxygen atoms in total. The van der Waals surface area contributed by atoms with E-state index in [0.717, 1.165) is 0 Å². The van der Waals surface area contributed by atoms with E-state index in [0.29, 0.717) is 16.9 Å². The third kappa shape index (κ3) is 2.54. The normalized spacial score (nSPS) is 14.2. The average Bonchev–Trinajstić information content (AvgIpc) is 2.71. The van der Waals surface area contributed by atoms with Crippen molar-refractivity contribution in [3.8, 4) is 0 Å². The van der Waals surface area contributed by atoms with E-state index in [4.69, 9.17) is 4.74 Å². The van der Waals surface area contributed by atoms with Gasteiger partial charge in [-0.1, -0.05) is 31.4 Å². The largest absolute Gasteiger partial charge is 0.492 e. The van der Waals surface area contributed by atoms with Crippen LogP contribution < -0.4 is 0 Å². The molecule has 4 heteroatoms. The van der Waals surface area contributed by atoms with Crippen LogP contribution in [0.1, 0.15) is 20.7 Å². The van der Waals surface area contributed by atoms with Crippen molar-refractivity contribution in [3.63, 3.8) is 0 Å². The van der Waals surface area contributed by atoms with Gasteiger partial charge in [0, 0.05) is 0 Å². The number of amides is 2. The Morgan fingerprint density at radius 1 is 1.15 bits per heavy atom. The van der Waals surface area contributed by atoms with Crippen LogP contribution in [0.15, 0.2) is 61.4 Å². The van der Waals surface area contributed by atoms with E-state index in [1.54, 1.807) is 42.5 Å². The van der Waals surface area contributed by atoms with Crippen molar-refractivity contribution in [2.24, 2.45) is 0 Å². The van der Waals surface area contributed by atoms with Crippen LogP contribution >= 0.6 is 0 Å². The number of hydrogen-bond donors (Lipinski definition) is 0. The van der Waals surface area contributed by atoms with Gasteiger partial charge in [-0.2, -0.15) is 0 Å². The van der Waals surface area contributed by atoms with Gasteiger partial charge < -0.3 is 4.74 Å². The summed E-state index contributed by atoms with van der Waals surface area (Å²) in [5, 5.41) is 0. The predicted octanol–water partition coefficient (Wildman–Crippen LogP) is 2.56. The number of carbonyl (C=O) groups excluding carboxylic acids is 2. The molecule has 1 aliphatic rings. The number of allylic oxidation sites excluding steroid dienone is 3. The molecule has 2 amide bonds. The number of ether oxygens (including phenoxy) is 1. The lowest BCUT2D eigenvalue weighted by atomic mass is 10.1. The average molecular weight is 269 g/mol. The van der Waals surface area contributed by atoms with Gasteiger partial charge in [0.05, 0.1) is 17.7 Å². The molecule has 1 heterocycles. The number of rotatable bonds is 6. The van der Waals surface area contributed by atoms with E-state index in [1.807, 2.05) is 0 Å². The number of benzene rings is 1. The molecular formula is C16H15NO3. The van der Waals surface area contributed by atoms with Crippen LogP contribution in [0, 0.1) is 0 Å². The van der Waals surface area contributed by atoms with Gasteiger partial charge in [0.15, 0.2) is 0 Å². The second-order valence-electron chi connectivity index (χ2n) is 4.16. The van der Waals surface area contributed by atoms with Crippen LogP contribution in [-0.2, 0) is 4.74 Å². The Morgan fingerprint density at radius 2 is 1.75 bits per heavy atom. The van der Waals surface area contributed by atoms with Gasteiger partial charge in [-0.05, 0) is 24.3 Å². The topological polar surface area (TPSA) is 46.6 Å². The summed E-state index contributed by atoms with van der Waals surface area (Å²) in [6.07, 6.45) is 4.79. The third-order valence-electron chi connectivity index (χ3n) is 2.95. The molecule has 0 saturated carbocycles. The summed E-state index contributed by atoms with van der Waals surface area (Å²) in [5.74, 6) is 0.000663. The molecule has 20 heavy (non-hydrogen) atoms. The quantitative estimate of drug-likeness (QED) is 0.453. The number of hydrogen-bond acceptors (Lipinski definition) is 3. The highest BCUT2D eigenvalue weighted by atomic mass is 16.5. The third-order valence-corrected chi connectivity index (χ3v) is 2.95. The maximum Gasteiger partial charge on any atom is 0.261 e. The van der Waals surface area contributed by atoms with Crippen molar-refractivity contribution in [1.29, 1.82) is 0 Å². The molecule has 0 N–H and O–H groups in total. The fourth-order valence-electron chi connectivity index (χ4n) is 1.99. The fraction of sp³-hybridized carbons (Fsp3) is 0.125. The minimum absolute atomic E-state index is 0.203. The zero-order chi connectivity index (χ0) is 14.5. The minimum Gasteiger partial charge on any atom is -0.492 e. The Balaban J connectivity index is 2.01. The highest BCUT2D eigenvalue weighted by molar-refractivity contribution is 6.21. The Hall–Kier alpha value is -2.62. The molecule has 0 radical (unpaired) electrons. The van der Waals surface area contributed by atoms with Crippen molar-refractivity contribution in [1.82, 2.24) is 4.90 Å². The van der Waals surface area contributed by atoms with E-state index in [1.165, 1.54) is 4.90 Å². The summed E-state index contributed by atoms with van der Waals surface area (Å²) in [5.41, 5.74) is 0.895. The van der Waals surface area contributed by atoms with E-state index in [2.05, 4.69) is 13.2 Å². The summed E-state index contributed by atoms with van der Waals surface area (Å²) in [4.78, 5) is 25.3. The molecule has 0 aliphatic carbocycles. The maximum atomic E-state index is 12.1. The molecule has 0 aromatic heterocycles. The molecule has 1 aromatic carbocycles. The molecule has 0 bridgehead atoms. The van der Waals surface area contributed by atoms with Gasteiger partial charge in [-0.3, -0.25) is 14.5 Å². The van der Waals surface area contributed by atoms with Crippen molar-refractivity contribution in [3.05, 3.63) is 72.5 Å². The minimum atomic E-state index is -0.276. The van der Waals surface area contributed by atoms with E-state index < -0.39 is 0 Å². The van der Waals surface area contributed by atoms with Crippen molar-refractivity contribution < 1.29 is 14.3 Å². The second-order valence-corrected chi connectivity index (χ2v) is 4.16. The molecule has 1 aliphatic heterocycles. The summed E-state index contributed by atoms with van der Waals surface area (Å²) in [6, 6.07) is 6.80. The Bertz CT molecular complexity index is 566. The number of imide groups is 1. The molecule has 0 saturated heterocycles. The molecule has 0 unspecified atom stereocenters. The Kier molecular flexibility index (Phi) is 4.15. The molecule has 0 spiro atoms. The summed E-state index contributed by atoms with van der Waals surface area (Å²) < 4.78 is 5.41. The van der Waals surface area contributed by atoms with Crippen molar-refractivity contribution >= 4 is 11.8 Å². The van der Waals surface area contributed by atoms with Crippen molar-refractivity contribution in [2.45, 2.75) is 0 Å². The number of fused-ring (bicyclic) bond motifs is 1. The molecule has 102 valence electrons. The van der Waals surface area contributed by atoms with Crippen LogP contribution in [0.25, 0.3) is 0 Å². The standard InChI is InChI=1S/C16H15NO3/c1-3-7-12(4-2)20-11-10-17-15(18)13-8-5-6-9-14(13)16(17)19/h3-9H,1-2,10-11H2/b12-7+. The van der Waals surface area contributed by atoms with Crippen LogP contribution in [0.2, 0.25) is 0 Å². The Labute approximate surface area is 117 Å². The number of nitrogens with zero attached hydrogens (tertiary/aromatic N) is 1. The Morgan fingerprint density at radius 3 is 2.25 bits per heavy atom. The monoisotopic (exact) mass is 269 g/mol. The number of carbonyl (C=O) groups is 2. The van der Waals surface area contributed by atoms with Gasteiger partial charge >= 0.3 is 0 Å². The lowest BCUT2D eigenvalue weighted by molar-refractivity contribution is 0.0612. The second kappa shape index (κ2) is 6.02. The van der Waals surface area contributed by atoms with Gasteiger partial charge in [0.2, 0.25) is 0 Å². The first kappa shape index (κ1) is 13.8. The van der Waals surface area contributed by atoms with Crippen molar-refractivity contribution in [2.75, 3.05) is 13.2 Å². The summed E-state index contributed by atoms with van der Waals surface area (Å²) in [7, 11) is 0. The first-order valence-electron chi connectivity index (χ1n) is 6.22. The van der Waals surface area contributed by atoms with Gasteiger partial charge in [0.25, 0.3) is 11.8 Å². The molecule has 0 atom stereocenters. The molecular weight excluding hydrogens is 254 g/mol. The van der Waals surface area contributed by atoms with Crippen LogP contribution in [0.5, 0.6) is 0 Å². The highest BCUT2D eigenvalue weighted by Gasteiger charge is 2.34. The summed E-state index contributed by atoms with van der Waals surface area (Å²) in [6.45, 7) is 7.59. The van der Waals surface area contributed by atoms with E-state index >= 15 is 0 Å². The molecule has 0 fully saturated rings. The fourth-order valence-corrected chi connectivity index (χ4v) is 1.99. The van der Waals surface area contributed by atoms with E-state index in [-0.39, 0.29) is 25.0 Å². The lowest BCUT2D eigenvalue weighted by Gasteiger charge is -2.14. The smallest absolute Gasteiger partial charge is 0.261 e. The maximum absolute atomic E-state index is 12.1. The zero-order valence-electron chi connectivity index (χ0n) is 11.0. The molecule has 2 rings (SSSR count). The first-order valence-corrected chi connectivity index (χ1v) is 6.22. The van der Waals surface area contributed by atoms with Gasteiger partial charge in [0.1, 0.15) is 12.4 Å². The summed E-state index contributed by atoms with van der Waals surface area (Å²) >= 11 is 0. The van der Waals surface area contributed by atoms with Crippen LogP contribution in [-0.4, -0.2) is 29.9 Å². The molecule has 1 aromatic rings. The van der Waals surface area contributed by atoms with E-state index in [9.17, 15) is 9.59 Å². The van der Waals surface area contributed by atoms with Gasteiger partial charge in [-0.15, -0.1) is 0 Å². The zero-order valence-corrected chi connectivity index (χ0v) is 11.0.